The van der Waals surface area contributed by atoms with Crippen LogP contribution in [-0.2, 0) is 13.1 Å². The molecule has 5 aromatic rings. The number of aromatic amines is 1. The second-order valence-electron chi connectivity index (χ2n) is 9.01. The molecule has 1 aromatic heterocycles. The second kappa shape index (κ2) is 9.77. The summed E-state index contributed by atoms with van der Waals surface area (Å²) in [5.74, 6) is -0.245. The molecule has 7 heteroatoms. The first-order chi connectivity index (χ1) is 18.0. The Morgan fingerprint density at radius 2 is 1.46 bits per heavy atom. The number of hydrazone groups is 1. The van der Waals surface area contributed by atoms with Crippen LogP contribution in [0, 0.1) is 0 Å². The number of amides is 1. The van der Waals surface area contributed by atoms with Crippen molar-refractivity contribution in [2.24, 2.45) is 5.10 Å². The highest BCUT2D eigenvalue weighted by atomic mass is 35.5. The molecule has 4 aromatic carbocycles. The van der Waals surface area contributed by atoms with Crippen LogP contribution in [0.4, 0.5) is 5.69 Å². The van der Waals surface area contributed by atoms with Crippen LogP contribution in [-0.4, -0.2) is 17.1 Å². The fourth-order valence-corrected chi connectivity index (χ4v) is 5.26. The minimum absolute atomic E-state index is 0.245. The number of nitrogens with one attached hydrogen (secondary N) is 2. The average Bonchev–Trinajstić information content (AvgIpc) is 3.18. The Labute approximate surface area is 224 Å². The number of carbonyl (C=O) groups is 1. The third-order valence-electron chi connectivity index (χ3n) is 6.48. The summed E-state index contributed by atoms with van der Waals surface area (Å²) in [5, 5.41) is 6.41. The number of carbonyl (C=O) groups excluding carboxylic acids is 1. The van der Waals surface area contributed by atoms with Crippen molar-refractivity contribution in [2.75, 3.05) is 4.90 Å². The number of anilines is 1. The van der Waals surface area contributed by atoms with E-state index < -0.39 is 0 Å². The second-order valence-corrected chi connectivity index (χ2v) is 9.88. The summed E-state index contributed by atoms with van der Waals surface area (Å²) in [5.41, 5.74) is 9.95. The van der Waals surface area contributed by atoms with Gasteiger partial charge in [-0.05, 0) is 53.1 Å². The number of hydrogen-bond donors (Lipinski definition) is 2. The number of halogens is 2. The van der Waals surface area contributed by atoms with Crippen molar-refractivity contribution in [3.63, 3.8) is 0 Å². The predicted octanol–water partition coefficient (Wildman–Crippen LogP) is 7.43. The van der Waals surface area contributed by atoms with Crippen LogP contribution in [0.3, 0.4) is 0 Å². The van der Waals surface area contributed by atoms with Crippen molar-refractivity contribution in [1.29, 1.82) is 0 Å². The molecule has 0 unspecified atom stereocenters. The highest BCUT2D eigenvalue weighted by Crippen LogP contribution is 2.36. The third kappa shape index (κ3) is 4.71. The molecule has 0 radical (unpaired) electrons. The van der Waals surface area contributed by atoms with Crippen LogP contribution in [0.15, 0.2) is 96.1 Å². The molecular weight excluding hydrogens is 503 g/mol. The van der Waals surface area contributed by atoms with E-state index in [0.717, 1.165) is 44.5 Å². The van der Waals surface area contributed by atoms with Crippen molar-refractivity contribution in [3.8, 4) is 11.3 Å². The zero-order valence-corrected chi connectivity index (χ0v) is 21.2. The van der Waals surface area contributed by atoms with Gasteiger partial charge < -0.3 is 9.88 Å². The van der Waals surface area contributed by atoms with E-state index in [2.05, 4.69) is 26.5 Å². The zero-order chi connectivity index (χ0) is 25.4. The predicted molar refractivity (Wildman–Crippen MR) is 152 cm³/mol. The standard InChI is InChI=1S/C30H22Cl2N4O/c31-22-10-4-6-19(12-22)17-36(18-20-7-5-11-23(32)13-20)24-14-25-28-26(16-33-35-30(25)37)29(34-27(28)15-24)21-8-2-1-3-9-21/h1-16,34H,17-18H2,(H,35,37). The van der Waals surface area contributed by atoms with Crippen LogP contribution in [0.2, 0.25) is 10.0 Å². The number of nitrogens with zero attached hydrogens (tertiary/aromatic N) is 2. The Hall–Kier alpha value is -4.06. The maximum Gasteiger partial charge on any atom is 0.272 e. The van der Waals surface area contributed by atoms with Gasteiger partial charge in [-0.25, -0.2) is 5.43 Å². The Morgan fingerprint density at radius 3 is 2.11 bits per heavy atom. The summed E-state index contributed by atoms with van der Waals surface area (Å²) < 4.78 is 0. The Kier molecular flexibility index (Phi) is 6.16. The van der Waals surface area contributed by atoms with Gasteiger partial charge >= 0.3 is 0 Å². The maximum absolute atomic E-state index is 13.1. The highest BCUT2D eigenvalue weighted by Gasteiger charge is 2.23. The SMILES string of the molecule is O=C1NN=Cc2c(-c3ccccc3)[nH]c3cc(N(Cc4cccc(Cl)c4)Cc4cccc(Cl)c4)cc1c23. The average molecular weight is 525 g/mol. The Bertz CT molecular complexity index is 1610. The summed E-state index contributed by atoms with van der Waals surface area (Å²) >= 11 is 12.6. The van der Waals surface area contributed by atoms with E-state index in [-0.39, 0.29) is 5.91 Å². The molecular formula is C30H22Cl2N4O. The van der Waals surface area contributed by atoms with Gasteiger partial charge in [0.15, 0.2) is 0 Å². The first-order valence-corrected chi connectivity index (χ1v) is 12.6. The lowest BCUT2D eigenvalue weighted by atomic mass is 10.0. The van der Waals surface area contributed by atoms with E-state index in [1.807, 2.05) is 84.9 Å². The van der Waals surface area contributed by atoms with Gasteiger partial charge in [-0.15, -0.1) is 0 Å². The fourth-order valence-electron chi connectivity index (χ4n) is 4.83. The van der Waals surface area contributed by atoms with Gasteiger partial charge in [0, 0.05) is 45.3 Å². The fraction of sp³-hybridized carbons (Fsp3) is 0.0667. The summed E-state index contributed by atoms with van der Waals surface area (Å²) in [7, 11) is 0. The largest absolute Gasteiger partial charge is 0.363 e. The third-order valence-corrected chi connectivity index (χ3v) is 6.95. The minimum Gasteiger partial charge on any atom is -0.363 e. The van der Waals surface area contributed by atoms with Crippen molar-refractivity contribution in [1.82, 2.24) is 10.4 Å². The molecule has 0 bridgehead atoms. The van der Waals surface area contributed by atoms with E-state index in [0.29, 0.717) is 28.7 Å². The Morgan fingerprint density at radius 1 is 0.784 bits per heavy atom. The molecule has 0 atom stereocenters. The molecule has 5 nitrogen and oxygen atoms in total. The lowest BCUT2D eigenvalue weighted by Gasteiger charge is -2.26. The molecule has 0 aliphatic carbocycles. The molecule has 0 saturated heterocycles. The number of aromatic nitrogens is 1. The first-order valence-electron chi connectivity index (χ1n) is 11.9. The molecule has 0 fully saturated rings. The van der Waals surface area contributed by atoms with Crippen LogP contribution in [0.25, 0.3) is 22.2 Å². The quantitative estimate of drug-likeness (QED) is 0.242. The zero-order valence-electron chi connectivity index (χ0n) is 19.7. The molecule has 2 heterocycles. The molecule has 182 valence electrons. The van der Waals surface area contributed by atoms with Gasteiger partial charge in [-0.2, -0.15) is 5.10 Å². The van der Waals surface area contributed by atoms with E-state index in [1.165, 1.54) is 0 Å². The van der Waals surface area contributed by atoms with Crippen molar-refractivity contribution < 1.29 is 4.79 Å². The molecule has 1 aliphatic rings. The van der Waals surface area contributed by atoms with E-state index in [9.17, 15) is 4.79 Å². The monoisotopic (exact) mass is 524 g/mol. The van der Waals surface area contributed by atoms with Crippen LogP contribution < -0.4 is 10.3 Å². The summed E-state index contributed by atoms with van der Waals surface area (Å²) in [6.07, 6.45) is 1.71. The van der Waals surface area contributed by atoms with Gasteiger partial charge in [0.1, 0.15) is 0 Å². The molecule has 6 rings (SSSR count). The van der Waals surface area contributed by atoms with Gasteiger partial charge in [0.05, 0.1) is 17.5 Å². The topological polar surface area (TPSA) is 60.5 Å². The lowest BCUT2D eigenvalue weighted by Crippen LogP contribution is -2.23. The molecule has 1 amide bonds. The van der Waals surface area contributed by atoms with Crippen molar-refractivity contribution in [2.45, 2.75) is 13.1 Å². The summed E-state index contributed by atoms with van der Waals surface area (Å²) in [4.78, 5) is 18.9. The van der Waals surface area contributed by atoms with Crippen LogP contribution in [0.5, 0.6) is 0 Å². The van der Waals surface area contributed by atoms with E-state index in [4.69, 9.17) is 23.2 Å². The molecule has 2 N–H and O–H groups in total. The van der Waals surface area contributed by atoms with Crippen molar-refractivity contribution in [3.05, 3.63) is 123 Å². The van der Waals surface area contributed by atoms with E-state index >= 15 is 0 Å². The first kappa shape index (κ1) is 23.3. The van der Waals surface area contributed by atoms with Crippen LogP contribution in [0.1, 0.15) is 27.0 Å². The molecule has 37 heavy (non-hydrogen) atoms. The van der Waals surface area contributed by atoms with Crippen LogP contribution >= 0.6 is 23.2 Å². The smallest absolute Gasteiger partial charge is 0.272 e. The number of benzene rings is 4. The Balaban J connectivity index is 1.51. The molecule has 0 spiro atoms. The molecule has 1 aliphatic heterocycles. The lowest BCUT2D eigenvalue weighted by molar-refractivity contribution is 0.0957. The number of hydrogen-bond acceptors (Lipinski definition) is 3. The van der Waals surface area contributed by atoms with Crippen molar-refractivity contribution >= 4 is 51.9 Å². The van der Waals surface area contributed by atoms with Gasteiger partial charge in [0.2, 0.25) is 0 Å². The highest BCUT2D eigenvalue weighted by molar-refractivity contribution is 6.31. The summed E-state index contributed by atoms with van der Waals surface area (Å²) in [6, 6.07) is 29.7. The van der Waals surface area contributed by atoms with Gasteiger partial charge in [-0.1, -0.05) is 77.8 Å². The summed E-state index contributed by atoms with van der Waals surface area (Å²) in [6.45, 7) is 1.19. The number of H-pyrrole nitrogens is 1. The number of rotatable bonds is 6. The maximum atomic E-state index is 13.1. The van der Waals surface area contributed by atoms with Gasteiger partial charge in [-0.3, -0.25) is 4.79 Å². The van der Waals surface area contributed by atoms with E-state index in [1.54, 1.807) is 6.21 Å². The van der Waals surface area contributed by atoms with Gasteiger partial charge in [0.25, 0.3) is 5.91 Å². The molecule has 0 saturated carbocycles. The minimum atomic E-state index is -0.245. The normalized spacial score (nSPS) is 12.4.